The van der Waals surface area contributed by atoms with Gasteiger partial charge in [-0.3, -0.25) is 5.23 Å². The van der Waals surface area contributed by atoms with Gasteiger partial charge in [-0.25, -0.2) is 4.79 Å². The predicted octanol–water partition coefficient (Wildman–Crippen LogP) is 0.0976. The van der Waals surface area contributed by atoms with Crippen molar-refractivity contribution in [2.24, 2.45) is 0 Å². The number of carboxylic acid groups (broad SMARTS) is 1. The van der Waals surface area contributed by atoms with Crippen LogP contribution in [0.15, 0.2) is 12.4 Å². The van der Waals surface area contributed by atoms with Gasteiger partial charge < -0.3 is 10.3 Å². The summed E-state index contributed by atoms with van der Waals surface area (Å²) in [6.07, 6.45) is 0.605. The molecule has 9 heavy (non-hydrogen) atoms. The number of carbonyl (C=O) groups is 1. The van der Waals surface area contributed by atoms with Crippen LogP contribution in [-0.4, -0.2) is 21.5 Å². The summed E-state index contributed by atoms with van der Waals surface area (Å²) in [5.41, 5.74) is 0. The highest BCUT2D eigenvalue weighted by Gasteiger charge is 2.13. The second-order valence-corrected chi connectivity index (χ2v) is 1.27. The first-order valence-corrected chi connectivity index (χ1v) is 2.05. The first-order chi connectivity index (χ1) is 4.20. The Kier molecular flexibility index (Phi) is 1.25. The van der Waals surface area contributed by atoms with Crippen LogP contribution in [-0.2, 0) is 4.94 Å². The number of rotatable bonds is 0. The fourth-order valence-corrected chi connectivity index (χ4v) is 0.355. The predicted molar refractivity (Wildman–Crippen MR) is 25.3 cm³/mol. The Labute approximate surface area is 50.0 Å². The van der Waals surface area contributed by atoms with Gasteiger partial charge in [-0.1, -0.05) is 0 Å². The maximum Gasteiger partial charge on any atom is 0.437 e. The molecule has 1 N–H and O–H groups in total. The molecule has 0 bridgehead atoms. The van der Waals surface area contributed by atoms with E-state index in [9.17, 15) is 10.0 Å². The van der Waals surface area contributed by atoms with E-state index in [1.165, 1.54) is 0 Å². The lowest BCUT2D eigenvalue weighted by molar-refractivity contribution is -0.212. The molecule has 1 heterocycles. The molecule has 0 aliphatic carbocycles. The summed E-state index contributed by atoms with van der Waals surface area (Å²) in [6.45, 7) is 0. The molecule has 0 saturated heterocycles. The normalized spacial score (nSPS) is 17.0. The standard InChI is InChI=1S/C3H3N2O4/c6-3(7)4-1-2-5(8)9-4/h1-2H,(H,6,7)/q-1. The molecule has 0 aromatic rings. The molecule has 0 radical (unpaired) electrons. The Morgan fingerprint density at radius 1 is 1.67 bits per heavy atom. The van der Waals surface area contributed by atoms with Gasteiger partial charge in [-0.05, 0) is 0 Å². The van der Waals surface area contributed by atoms with Crippen LogP contribution in [0.4, 0.5) is 4.79 Å². The van der Waals surface area contributed by atoms with E-state index in [0.717, 1.165) is 12.4 Å². The molecule has 0 fully saturated rings. The first kappa shape index (κ1) is 5.86. The summed E-state index contributed by atoms with van der Waals surface area (Å²) in [5, 5.41) is 18.6. The molecule has 0 aromatic carbocycles. The molecular weight excluding hydrogens is 128 g/mol. The third-order valence-corrected chi connectivity index (χ3v) is 0.681. The lowest BCUT2D eigenvalue weighted by Gasteiger charge is -2.19. The van der Waals surface area contributed by atoms with E-state index in [-0.39, 0.29) is 5.23 Å². The van der Waals surface area contributed by atoms with Crippen molar-refractivity contribution in [1.29, 1.82) is 0 Å². The van der Waals surface area contributed by atoms with Crippen LogP contribution in [0.1, 0.15) is 0 Å². The van der Waals surface area contributed by atoms with Crippen molar-refractivity contribution >= 4 is 6.09 Å². The molecule has 1 rings (SSSR count). The van der Waals surface area contributed by atoms with E-state index in [0.29, 0.717) is 5.06 Å². The monoisotopic (exact) mass is 131 g/mol. The molecule has 0 unspecified atom stereocenters. The van der Waals surface area contributed by atoms with Crippen LogP contribution < -0.4 is 0 Å². The quantitative estimate of drug-likeness (QED) is 0.504. The zero-order valence-corrected chi connectivity index (χ0v) is 4.22. The fourth-order valence-electron chi connectivity index (χ4n) is 0.355. The van der Waals surface area contributed by atoms with E-state index < -0.39 is 6.09 Å². The first-order valence-electron chi connectivity index (χ1n) is 2.05. The van der Waals surface area contributed by atoms with E-state index in [4.69, 9.17) is 5.11 Å². The number of hydrogen-bond donors (Lipinski definition) is 1. The Morgan fingerprint density at radius 2 is 2.33 bits per heavy atom. The Morgan fingerprint density at radius 3 is 2.56 bits per heavy atom. The van der Waals surface area contributed by atoms with Crippen molar-refractivity contribution in [1.82, 2.24) is 10.3 Å². The second-order valence-electron chi connectivity index (χ2n) is 1.27. The van der Waals surface area contributed by atoms with Gasteiger partial charge in [-0.15, -0.1) is 5.06 Å². The van der Waals surface area contributed by atoms with Gasteiger partial charge in [0.25, 0.3) is 0 Å². The summed E-state index contributed by atoms with van der Waals surface area (Å²) in [5.74, 6) is 0. The summed E-state index contributed by atoms with van der Waals surface area (Å²) in [7, 11) is 0. The van der Waals surface area contributed by atoms with Crippen molar-refractivity contribution < 1.29 is 14.8 Å². The minimum Gasteiger partial charge on any atom is -0.732 e. The summed E-state index contributed by atoms with van der Waals surface area (Å²) < 4.78 is 0. The van der Waals surface area contributed by atoms with Crippen LogP contribution in [0.2, 0.25) is 0 Å². The number of hydroxylamine groups is 4. The smallest absolute Gasteiger partial charge is 0.437 e. The lowest BCUT2D eigenvalue weighted by atomic mass is 10.9. The molecule has 0 atom stereocenters. The number of nitrogens with zero attached hydrogens (tertiary/aromatic N) is 2. The van der Waals surface area contributed by atoms with E-state index in [1.807, 2.05) is 0 Å². The molecule has 6 nitrogen and oxygen atoms in total. The van der Waals surface area contributed by atoms with Crippen LogP contribution >= 0.6 is 0 Å². The van der Waals surface area contributed by atoms with Crippen molar-refractivity contribution in [3.63, 3.8) is 0 Å². The largest absolute Gasteiger partial charge is 0.732 e. The van der Waals surface area contributed by atoms with E-state index >= 15 is 0 Å². The Balaban J connectivity index is 2.50. The van der Waals surface area contributed by atoms with Gasteiger partial charge in [0.15, 0.2) is 0 Å². The van der Waals surface area contributed by atoms with Gasteiger partial charge in [0.1, 0.15) is 0 Å². The molecule has 0 spiro atoms. The SMILES string of the molecule is O=C(O)N1C=CN([O-])O1. The highest BCUT2D eigenvalue weighted by Crippen LogP contribution is 2.05. The molecule has 0 saturated carbocycles. The number of amides is 1. The molecule has 50 valence electrons. The summed E-state index contributed by atoms with van der Waals surface area (Å²) in [6, 6.07) is 0. The van der Waals surface area contributed by atoms with Crippen molar-refractivity contribution in [2.45, 2.75) is 0 Å². The molecule has 6 heteroatoms. The van der Waals surface area contributed by atoms with Crippen LogP contribution in [0.3, 0.4) is 0 Å². The zero-order valence-electron chi connectivity index (χ0n) is 4.22. The molecular formula is C3H3N2O4-. The van der Waals surface area contributed by atoms with E-state index in [2.05, 4.69) is 4.94 Å². The second kappa shape index (κ2) is 1.92. The van der Waals surface area contributed by atoms with Crippen LogP contribution in [0, 0.1) is 5.21 Å². The van der Waals surface area contributed by atoms with Gasteiger partial charge >= 0.3 is 6.09 Å². The van der Waals surface area contributed by atoms with Crippen LogP contribution in [0.25, 0.3) is 0 Å². The molecule has 0 aromatic heterocycles. The molecule has 1 amide bonds. The van der Waals surface area contributed by atoms with Crippen molar-refractivity contribution in [2.75, 3.05) is 0 Å². The van der Waals surface area contributed by atoms with E-state index in [1.54, 1.807) is 0 Å². The molecule has 1 aliphatic heterocycles. The highest BCUT2D eigenvalue weighted by molar-refractivity contribution is 5.64. The van der Waals surface area contributed by atoms with Gasteiger partial charge in [0, 0.05) is 6.20 Å². The van der Waals surface area contributed by atoms with Crippen molar-refractivity contribution in [3.8, 4) is 0 Å². The topological polar surface area (TPSA) is 76.1 Å². The van der Waals surface area contributed by atoms with Gasteiger partial charge in [-0.2, -0.15) is 4.94 Å². The average Bonchev–Trinajstić information content (AvgIpc) is 2.14. The maximum atomic E-state index is 10.1. The molecule has 1 aliphatic rings. The Hall–Kier alpha value is -1.27. The van der Waals surface area contributed by atoms with Crippen LogP contribution in [0.5, 0.6) is 0 Å². The fraction of sp³-hybridized carbons (Fsp3) is 0. The van der Waals surface area contributed by atoms with Gasteiger partial charge in [0.2, 0.25) is 0 Å². The zero-order chi connectivity index (χ0) is 6.85. The number of hydrogen-bond acceptors (Lipinski definition) is 4. The maximum absolute atomic E-state index is 10.1. The van der Waals surface area contributed by atoms with Crippen molar-refractivity contribution in [3.05, 3.63) is 17.6 Å². The lowest BCUT2D eigenvalue weighted by Crippen LogP contribution is -2.23. The van der Waals surface area contributed by atoms with Gasteiger partial charge in [0.05, 0.1) is 6.20 Å². The Bertz CT molecular complexity index is 156. The summed E-state index contributed by atoms with van der Waals surface area (Å²) in [4.78, 5) is 14.0. The highest BCUT2D eigenvalue weighted by atomic mass is 17.0. The average molecular weight is 131 g/mol. The third kappa shape index (κ3) is 1.09. The summed E-state index contributed by atoms with van der Waals surface area (Å²) >= 11 is 0. The minimum absolute atomic E-state index is 0.0358. The third-order valence-electron chi connectivity index (χ3n) is 0.681. The minimum atomic E-state index is -1.33.